The van der Waals surface area contributed by atoms with E-state index < -0.39 is 15.3 Å². The molecule has 0 saturated carbocycles. The number of sulfonamides is 1. The fourth-order valence-electron chi connectivity index (χ4n) is 1.88. The Morgan fingerprint density at radius 1 is 1.09 bits per heavy atom. The molecule has 0 aromatic heterocycles. The van der Waals surface area contributed by atoms with Crippen LogP contribution in [-0.2, 0) is 16.4 Å². The monoisotopic (exact) mass is 357 g/mol. The Balaban J connectivity index is 2.13. The van der Waals surface area contributed by atoms with Gasteiger partial charge in [0.2, 0.25) is 10.0 Å². The van der Waals surface area contributed by atoms with Crippen molar-refractivity contribution >= 4 is 38.5 Å². The number of carbonyl (C=O) groups excluding carboxylic acids is 1. The summed E-state index contributed by atoms with van der Waals surface area (Å²) >= 11 is 11.3. The van der Waals surface area contributed by atoms with Gasteiger partial charge in [0.05, 0.1) is 5.02 Å². The molecule has 0 aliphatic rings. The van der Waals surface area contributed by atoms with Crippen molar-refractivity contribution in [2.75, 3.05) is 6.54 Å². The third kappa shape index (κ3) is 4.30. The second-order valence-corrected chi connectivity index (χ2v) is 7.04. The van der Waals surface area contributed by atoms with Crippen molar-refractivity contribution in [1.29, 1.82) is 0 Å². The van der Waals surface area contributed by atoms with Crippen LogP contribution in [0.5, 0.6) is 0 Å². The van der Waals surface area contributed by atoms with Gasteiger partial charge >= 0.3 is 0 Å². The molecule has 2 rings (SSSR count). The molecule has 0 heterocycles. The van der Waals surface area contributed by atoms with Crippen molar-refractivity contribution in [3.63, 3.8) is 0 Å². The van der Waals surface area contributed by atoms with Crippen molar-refractivity contribution in [2.24, 2.45) is 0 Å². The van der Waals surface area contributed by atoms with Gasteiger partial charge in [0, 0.05) is 12.1 Å². The van der Waals surface area contributed by atoms with E-state index in [0.717, 1.165) is 5.56 Å². The lowest BCUT2D eigenvalue weighted by Gasteiger charge is -2.09. The number of hydrogen-bond donors (Lipinski definition) is 1. The average molecular weight is 358 g/mol. The van der Waals surface area contributed by atoms with Crippen LogP contribution in [0.2, 0.25) is 5.02 Å². The van der Waals surface area contributed by atoms with Gasteiger partial charge in [-0.15, -0.1) is 0 Å². The van der Waals surface area contributed by atoms with E-state index >= 15 is 0 Å². The molecular formula is C15H13Cl2NO3S. The SMILES string of the molecule is O=C(Cl)c1ccc(Cl)c(S(=O)(=O)NCCc2ccccc2)c1. The number of carbonyl (C=O) groups is 1. The van der Waals surface area contributed by atoms with E-state index in [2.05, 4.69) is 4.72 Å². The van der Waals surface area contributed by atoms with E-state index in [-0.39, 0.29) is 22.0 Å². The van der Waals surface area contributed by atoms with Gasteiger partial charge in [-0.2, -0.15) is 0 Å². The molecule has 0 atom stereocenters. The van der Waals surface area contributed by atoms with Gasteiger partial charge in [-0.1, -0.05) is 41.9 Å². The van der Waals surface area contributed by atoms with E-state index in [1.165, 1.54) is 18.2 Å². The molecule has 7 heteroatoms. The Hall–Kier alpha value is -1.40. The largest absolute Gasteiger partial charge is 0.276 e. The van der Waals surface area contributed by atoms with Crippen molar-refractivity contribution in [2.45, 2.75) is 11.3 Å². The Morgan fingerprint density at radius 2 is 1.77 bits per heavy atom. The first-order chi connectivity index (χ1) is 10.4. The van der Waals surface area contributed by atoms with Crippen LogP contribution in [0.4, 0.5) is 0 Å². The smallest absolute Gasteiger partial charge is 0.252 e. The predicted molar refractivity (Wildman–Crippen MR) is 87.0 cm³/mol. The zero-order chi connectivity index (χ0) is 16.2. The lowest BCUT2D eigenvalue weighted by molar-refractivity contribution is 0.108. The first kappa shape index (κ1) is 17.0. The number of nitrogens with one attached hydrogen (secondary N) is 1. The van der Waals surface area contributed by atoms with E-state index in [4.69, 9.17) is 23.2 Å². The highest BCUT2D eigenvalue weighted by Gasteiger charge is 2.19. The number of rotatable bonds is 6. The highest BCUT2D eigenvalue weighted by molar-refractivity contribution is 7.89. The van der Waals surface area contributed by atoms with Crippen molar-refractivity contribution in [3.8, 4) is 0 Å². The minimum atomic E-state index is -3.81. The average Bonchev–Trinajstić information content (AvgIpc) is 2.48. The third-order valence-electron chi connectivity index (χ3n) is 3.00. The molecule has 0 amide bonds. The van der Waals surface area contributed by atoms with E-state index in [9.17, 15) is 13.2 Å². The van der Waals surface area contributed by atoms with Gasteiger partial charge < -0.3 is 0 Å². The summed E-state index contributed by atoms with van der Waals surface area (Å²) in [5.41, 5.74) is 1.09. The molecule has 0 spiro atoms. The van der Waals surface area contributed by atoms with Gasteiger partial charge in [0.1, 0.15) is 4.90 Å². The maximum absolute atomic E-state index is 12.3. The molecule has 0 fully saturated rings. The van der Waals surface area contributed by atoms with Crippen LogP contribution < -0.4 is 4.72 Å². The molecule has 2 aromatic rings. The van der Waals surface area contributed by atoms with Crippen LogP contribution in [0.1, 0.15) is 15.9 Å². The lowest BCUT2D eigenvalue weighted by atomic mass is 10.2. The summed E-state index contributed by atoms with van der Waals surface area (Å²) in [6.07, 6.45) is 0.547. The van der Waals surface area contributed by atoms with Crippen LogP contribution in [-0.4, -0.2) is 20.2 Å². The molecule has 0 aliphatic carbocycles. The standard InChI is InChI=1S/C15H13Cl2NO3S/c16-13-7-6-12(15(17)19)10-14(13)22(20,21)18-9-8-11-4-2-1-3-5-11/h1-7,10,18H,8-9H2. The highest BCUT2D eigenvalue weighted by atomic mass is 35.5. The number of benzene rings is 2. The molecule has 22 heavy (non-hydrogen) atoms. The Labute approximate surface area is 139 Å². The third-order valence-corrected chi connectivity index (χ3v) is 5.16. The Kier molecular flexibility index (Phi) is 5.58. The fraction of sp³-hybridized carbons (Fsp3) is 0.133. The molecule has 0 aliphatic heterocycles. The normalized spacial score (nSPS) is 11.4. The minimum absolute atomic E-state index is 0.0360. The van der Waals surface area contributed by atoms with Gasteiger partial charge in [0.15, 0.2) is 0 Å². The second kappa shape index (κ2) is 7.24. The summed E-state index contributed by atoms with van der Waals surface area (Å²) in [6, 6.07) is 13.4. The molecule has 0 radical (unpaired) electrons. The molecule has 1 N–H and O–H groups in total. The summed E-state index contributed by atoms with van der Waals surface area (Å²) in [7, 11) is -3.81. The van der Waals surface area contributed by atoms with Gasteiger partial charge in [-0.05, 0) is 41.8 Å². The van der Waals surface area contributed by atoms with E-state index in [1.54, 1.807) is 0 Å². The number of hydrogen-bond acceptors (Lipinski definition) is 3. The zero-order valence-electron chi connectivity index (χ0n) is 11.4. The summed E-state index contributed by atoms with van der Waals surface area (Å²) in [4.78, 5) is 11.0. The molecule has 0 unspecified atom stereocenters. The van der Waals surface area contributed by atoms with Gasteiger partial charge in [-0.25, -0.2) is 13.1 Å². The predicted octanol–water partition coefficient (Wildman–Crippen LogP) is 3.24. The lowest BCUT2D eigenvalue weighted by Crippen LogP contribution is -2.26. The zero-order valence-corrected chi connectivity index (χ0v) is 13.8. The molecule has 116 valence electrons. The van der Waals surface area contributed by atoms with Crippen LogP contribution in [0, 0.1) is 0 Å². The fourth-order valence-corrected chi connectivity index (χ4v) is 3.56. The summed E-state index contributed by atoms with van der Waals surface area (Å²) in [6.45, 7) is 0.224. The van der Waals surface area contributed by atoms with Crippen molar-refractivity contribution in [3.05, 3.63) is 64.7 Å². The Morgan fingerprint density at radius 3 is 2.41 bits per heavy atom. The maximum Gasteiger partial charge on any atom is 0.252 e. The quantitative estimate of drug-likeness (QED) is 0.807. The van der Waals surface area contributed by atoms with Crippen LogP contribution in [0.25, 0.3) is 0 Å². The summed E-state index contributed by atoms with van der Waals surface area (Å²) in [5.74, 6) is 0. The second-order valence-electron chi connectivity index (χ2n) is 4.55. The van der Waals surface area contributed by atoms with Crippen LogP contribution in [0.15, 0.2) is 53.4 Å². The molecule has 0 saturated heterocycles. The van der Waals surface area contributed by atoms with Crippen molar-refractivity contribution in [1.82, 2.24) is 4.72 Å². The minimum Gasteiger partial charge on any atom is -0.276 e. The van der Waals surface area contributed by atoms with E-state index in [1.807, 2.05) is 30.3 Å². The van der Waals surface area contributed by atoms with Crippen LogP contribution >= 0.6 is 23.2 Å². The number of halogens is 2. The first-order valence-corrected chi connectivity index (χ1v) is 8.67. The first-order valence-electron chi connectivity index (χ1n) is 6.43. The van der Waals surface area contributed by atoms with Crippen LogP contribution in [0.3, 0.4) is 0 Å². The van der Waals surface area contributed by atoms with Gasteiger partial charge in [-0.3, -0.25) is 4.79 Å². The summed E-state index contributed by atoms with van der Waals surface area (Å²) in [5, 5.41) is -0.703. The Bertz CT molecular complexity index is 777. The van der Waals surface area contributed by atoms with Gasteiger partial charge in [0.25, 0.3) is 5.24 Å². The van der Waals surface area contributed by atoms with Crippen molar-refractivity contribution < 1.29 is 13.2 Å². The molecule has 2 aromatic carbocycles. The maximum atomic E-state index is 12.3. The molecular weight excluding hydrogens is 345 g/mol. The highest BCUT2D eigenvalue weighted by Crippen LogP contribution is 2.23. The summed E-state index contributed by atoms with van der Waals surface area (Å²) < 4.78 is 27.0. The molecule has 0 bridgehead atoms. The van der Waals surface area contributed by atoms with E-state index in [0.29, 0.717) is 6.42 Å². The molecule has 4 nitrogen and oxygen atoms in total. The topological polar surface area (TPSA) is 63.2 Å².